The number of pyridine rings is 1. The van der Waals surface area contributed by atoms with Crippen molar-refractivity contribution >= 4 is 60.3 Å². The van der Waals surface area contributed by atoms with Crippen LogP contribution < -0.4 is 0 Å². The molecule has 3 nitrogen and oxygen atoms in total. The van der Waals surface area contributed by atoms with Gasteiger partial charge in [-0.3, -0.25) is 4.40 Å². The van der Waals surface area contributed by atoms with Crippen molar-refractivity contribution in [2.24, 2.45) is 0 Å². The zero-order chi connectivity index (χ0) is 26.2. The van der Waals surface area contributed by atoms with Gasteiger partial charge in [-0.15, -0.1) is 0 Å². The van der Waals surface area contributed by atoms with E-state index in [9.17, 15) is 0 Å². The maximum atomic E-state index is 6.55. The molecule has 0 aliphatic heterocycles. The fourth-order valence-corrected chi connectivity index (χ4v) is 6.20. The summed E-state index contributed by atoms with van der Waals surface area (Å²) >= 11 is 0. The highest BCUT2D eigenvalue weighted by atomic mass is 16.3. The van der Waals surface area contributed by atoms with E-state index in [1.165, 1.54) is 27.5 Å². The van der Waals surface area contributed by atoms with E-state index in [0.717, 1.165) is 55.1 Å². The topological polar surface area (TPSA) is 30.4 Å². The van der Waals surface area contributed by atoms with Crippen LogP contribution in [-0.2, 0) is 0 Å². The largest absolute Gasteiger partial charge is 0.454 e. The van der Waals surface area contributed by atoms with Gasteiger partial charge >= 0.3 is 0 Å². The van der Waals surface area contributed by atoms with Gasteiger partial charge in [0.2, 0.25) is 0 Å². The third-order valence-corrected chi connectivity index (χ3v) is 8.16. The van der Waals surface area contributed by atoms with Gasteiger partial charge in [0.15, 0.2) is 5.58 Å². The van der Waals surface area contributed by atoms with Crippen LogP contribution in [-0.4, -0.2) is 9.38 Å². The summed E-state index contributed by atoms with van der Waals surface area (Å²) in [5, 5.41) is 5.78. The molecule has 0 unspecified atom stereocenters. The fourth-order valence-electron chi connectivity index (χ4n) is 6.20. The molecule has 0 aliphatic rings. The van der Waals surface area contributed by atoms with Crippen molar-refractivity contribution in [1.82, 2.24) is 9.38 Å². The van der Waals surface area contributed by atoms with Crippen LogP contribution in [0.5, 0.6) is 0 Å². The van der Waals surface area contributed by atoms with Crippen molar-refractivity contribution in [2.75, 3.05) is 0 Å². The number of hydrogen-bond acceptors (Lipinski definition) is 2. The molecule has 0 aliphatic carbocycles. The fraction of sp³-hybridized carbons (Fsp3) is 0. The van der Waals surface area contributed by atoms with E-state index < -0.39 is 0 Å². The third-order valence-electron chi connectivity index (χ3n) is 8.16. The molecule has 0 fully saturated rings. The number of furan rings is 1. The van der Waals surface area contributed by atoms with Gasteiger partial charge < -0.3 is 4.42 Å². The van der Waals surface area contributed by atoms with Crippen molar-refractivity contribution in [3.8, 4) is 22.3 Å². The van der Waals surface area contributed by atoms with Crippen molar-refractivity contribution in [1.29, 1.82) is 0 Å². The Morgan fingerprint density at radius 3 is 2.00 bits per heavy atom. The van der Waals surface area contributed by atoms with Crippen molar-refractivity contribution < 1.29 is 4.42 Å². The van der Waals surface area contributed by atoms with Crippen LogP contribution in [0.15, 0.2) is 138 Å². The molecule has 0 saturated carbocycles. The van der Waals surface area contributed by atoms with Crippen molar-refractivity contribution in [3.63, 3.8) is 0 Å². The van der Waals surface area contributed by atoms with E-state index in [1.54, 1.807) is 0 Å². The normalized spacial score (nSPS) is 12.0. The maximum Gasteiger partial charge on any atom is 0.160 e. The van der Waals surface area contributed by atoms with Gasteiger partial charge in [0, 0.05) is 16.2 Å². The van der Waals surface area contributed by atoms with Gasteiger partial charge in [0.05, 0.1) is 11.0 Å². The second-order valence-electron chi connectivity index (χ2n) is 10.4. The van der Waals surface area contributed by atoms with Crippen LogP contribution in [0.2, 0.25) is 0 Å². The zero-order valence-corrected chi connectivity index (χ0v) is 21.5. The van der Waals surface area contributed by atoms with Crippen LogP contribution in [0.3, 0.4) is 0 Å². The monoisotopic (exact) mass is 510 g/mol. The Labute approximate surface area is 229 Å². The highest BCUT2D eigenvalue weighted by Gasteiger charge is 2.19. The average Bonchev–Trinajstić information content (AvgIpc) is 3.60. The molecule has 0 saturated heterocycles. The summed E-state index contributed by atoms with van der Waals surface area (Å²) in [5.74, 6) is 0. The molecule has 0 radical (unpaired) electrons. The lowest BCUT2D eigenvalue weighted by Crippen LogP contribution is -1.89. The Bertz CT molecular complexity index is 2430. The molecule has 0 amide bonds. The molecule has 9 aromatic rings. The smallest absolute Gasteiger partial charge is 0.160 e. The molecule has 0 atom stereocenters. The first-order valence-corrected chi connectivity index (χ1v) is 13.6. The Hall–Kier alpha value is -5.41. The van der Waals surface area contributed by atoms with Crippen molar-refractivity contribution in [2.45, 2.75) is 0 Å². The Morgan fingerprint density at radius 1 is 0.500 bits per heavy atom. The number of para-hydroxylation sites is 2. The highest BCUT2D eigenvalue weighted by molar-refractivity contribution is 6.19. The Balaban J connectivity index is 1.25. The predicted octanol–water partition coefficient (Wildman–Crippen LogP) is 10.0. The van der Waals surface area contributed by atoms with Gasteiger partial charge in [-0.05, 0) is 63.4 Å². The molecule has 0 spiro atoms. The summed E-state index contributed by atoms with van der Waals surface area (Å²) in [6.07, 6.45) is 0. The summed E-state index contributed by atoms with van der Waals surface area (Å²) in [6.45, 7) is 0. The molecular weight excluding hydrogens is 488 g/mol. The number of aromatic nitrogens is 2. The second kappa shape index (κ2) is 8.05. The molecule has 186 valence electrons. The SMILES string of the molecule is c1ccc2cc(-c3ccc(-c4ccc5oc6c7ccccc7c7nc8ccccc8n7c6c5c4)cc3)ccc2c1. The van der Waals surface area contributed by atoms with E-state index in [0.29, 0.717) is 0 Å². The molecule has 6 aromatic carbocycles. The predicted molar refractivity (Wildman–Crippen MR) is 166 cm³/mol. The number of hydrogen-bond donors (Lipinski definition) is 0. The minimum atomic E-state index is 0.877. The molecule has 3 heteroatoms. The highest BCUT2D eigenvalue weighted by Crippen LogP contribution is 2.39. The molecule has 3 heterocycles. The average molecular weight is 511 g/mol. The zero-order valence-electron chi connectivity index (χ0n) is 21.5. The van der Waals surface area contributed by atoms with Crippen LogP contribution in [0.1, 0.15) is 0 Å². The van der Waals surface area contributed by atoms with Gasteiger partial charge in [0.1, 0.15) is 16.7 Å². The number of fused-ring (bicyclic) bond motifs is 11. The lowest BCUT2D eigenvalue weighted by atomic mass is 9.98. The second-order valence-corrected chi connectivity index (χ2v) is 10.4. The first kappa shape index (κ1) is 21.5. The molecule has 9 rings (SSSR count). The number of rotatable bonds is 2. The van der Waals surface area contributed by atoms with Crippen LogP contribution >= 0.6 is 0 Å². The first-order chi connectivity index (χ1) is 19.8. The number of benzene rings is 6. The minimum Gasteiger partial charge on any atom is -0.454 e. The summed E-state index contributed by atoms with van der Waals surface area (Å²) in [5.41, 5.74) is 10.6. The third kappa shape index (κ3) is 3.03. The summed E-state index contributed by atoms with van der Waals surface area (Å²) in [6, 6.07) is 47.2. The summed E-state index contributed by atoms with van der Waals surface area (Å²) < 4.78 is 8.82. The van der Waals surface area contributed by atoms with Crippen LogP contribution in [0, 0.1) is 0 Å². The maximum absolute atomic E-state index is 6.55. The minimum absolute atomic E-state index is 0.877. The van der Waals surface area contributed by atoms with E-state index in [-0.39, 0.29) is 0 Å². The van der Waals surface area contributed by atoms with E-state index in [1.807, 2.05) is 6.07 Å². The van der Waals surface area contributed by atoms with Crippen LogP contribution in [0.4, 0.5) is 0 Å². The quantitative estimate of drug-likeness (QED) is 0.232. The Kier molecular flexibility index (Phi) is 4.33. The molecule has 0 N–H and O–H groups in total. The molecule has 0 bridgehead atoms. The van der Waals surface area contributed by atoms with Gasteiger partial charge in [-0.25, -0.2) is 4.98 Å². The summed E-state index contributed by atoms with van der Waals surface area (Å²) in [4.78, 5) is 5.04. The Morgan fingerprint density at radius 2 is 1.15 bits per heavy atom. The lowest BCUT2D eigenvalue weighted by molar-refractivity contribution is 0.672. The van der Waals surface area contributed by atoms with E-state index >= 15 is 0 Å². The summed E-state index contributed by atoms with van der Waals surface area (Å²) in [7, 11) is 0. The van der Waals surface area contributed by atoms with E-state index in [2.05, 4.69) is 132 Å². The molecule has 40 heavy (non-hydrogen) atoms. The lowest BCUT2D eigenvalue weighted by Gasteiger charge is -2.07. The molecular formula is C37H22N2O. The van der Waals surface area contributed by atoms with Crippen molar-refractivity contribution in [3.05, 3.63) is 133 Å². The van der Waals surface area contributed by atoms with E-state index in [4.69, 9.17) is 9.40 Å². The van der Waals surface area contributed by atoms with Gasteiger partial charge in [-0.1, -0.05) is 103 Å². The van der Waals surface area contributed by atoms with Gasteiger partial charge in [0.25, 0.3) is 0 Å². The van der Waals surface area contributed by atoms with Crippen LogP contribution in [0.25, 0.3) is 82.5 Å². The standard InChI is InChI=1S/C37H22N2O/c1-2-8-26-21-27(18-17-23(26)7-1)24-13-15-25(16-14-24)28-19-20-34-31(22-28)35-36(40-34)29-9-3-4-10-30(29)37-38-32-11-5-6-12-33(32)39(35)37/h1-22H. The number of imidazole rings is 1. The number of nitrogens with zero attached hydrogens (tertiary/aromatic N) is 2. The first-order valence-electron chi connectivity index (χ1n) is 13.6. The van der Waals surface area contributed by atoms with Gasteiger partial charge in [-0.2, -0.15) is 0 Å². The molecule has 3 aromatic heterocycles.